The van der Waals surface area contributed by atoms with E-state index in [1.54, 1.807) is 0 Å². The van der Waals surface area contributed by atoms with Crippen molar-refractivity contribution in [2.75, 3.05) is 18.5 Å². The standard InChI is InChI=1S/C14H21NO/c1-11-5-3-7-14(12(11)2)15-13-6-4-9-16-10-8-13/h3,5,7,13,15H,4,6,8-10H2,1-2H3. The minimum absolute atomic E-state index is 0.572. The van der Waals surface area contributed by atoms with Gasteiger partial charge >= 0.3 is 0 Å². The molecular weight excluding hydrogens is 198 g/mol. The monoisotopic (exact) mass is 219 g/mol. The molecule has 1 aliphatic rings. The van der Waals surface area contributed by atoms with Crippen LogP contribution in [0.4, 0.5) is 5.69 Å². The van der Waals surface area contributed by atoms with Crippen LogP contribution in [0, 0.1) is 13.8 Å². The van der Waals surface area contributed by atoms with Gasteiger partial charge in [-0.15, -0.1) is 0 Å². The fourth-order valence-corrected chi connectivity index (χ4v) is 2.18. The average molecular weight is 219 g/mol. The Balaban J connectivity index is 2.04. The number of hydrogen-bond acceptors (Lipinski definition) is 2. The minimum atomic E-state index is 0.572. The fraction of sp³-hybridized carbons (Fsp3) is 0.571. The highest BCUT2D eigenvalue weighted by Crippen LogP contribution is 2.21. The number of benzene rings is 1. The van der Waals surface area contributed by atoms with Crippen LogP contribution < -0.4 is 5.32 Å². The molecule has 1 fully saturated rings. The summed E-state index contributed by atoms with van der Waals surface area (Å²) in [6.45, 7) is 6.16. The number of nitrogens with one attached hydrogen (secondary N) is 1. The molecule has 1 unspecified atom stereocenters. The topological polar surface area (TPSA) is 21.3 Å². The van der Waals surface area contributed by atoms with Gasteiger partial charge in [-0.2, -0.15) is 0 Å². The molecule has 0 aromatic heterocycles. The second-order valence-corrected chi connectivity index (χ2v) is 4.63. The highest BCUT2D eigenvalue weighted by molar-refractivity contribution is 5.54. The van der Waals surface area contributed by atoms with Gasteiger partial charge < -0.3 is 10.1 Å². The molecule has 1 N–H and O–H groups in total. The lowest BCUT2D eigenvalue weighted by atomic mass is 10.1. The number of rotatable bonds is 2. The Bertz CT molecular complexity index is 341. The maximum absolute atomic E-state index is 5.48. The van der Waals surface area contributed by atoms with Gasteiger partial charge in [0.25, 0.3) is 0 Å². The Morgan fingerprint density at radius 3 is 2.94 bits per heavy atom. The molecule has 2 nitrogen and oxygen atoms in total. The second kappa shape index (κ2) is 5.35. The molecule has 1 aromatic carbocycles. The van der Waals surface area contributed by atoms with E-state index < -0.39 is 0 Å². The summed E-state index contributed by atoms with van der Waals surface area (Å²) in [7, 11) is 0. The van der Waals surface area contributed by atoms with Crippen molar-refractivity contribution in [3.8, 4) is 0 Å². The maximum Gasteiger partial charge on any atom is 0.0485 e. The van der Waals surface area contributed by atoms with Gasteiger partial charge in [0.1, 0.15) is 0 Å². The zero-order valence-corrected chi connectivity index (χ0v) is 10.3. The first-order chi connectivity index (χ1) is 7.77. The van der Waals surface area contributed by atoms with Crippen molar-refractivity contribution in [1.29, 1.82) is 0 Å². The van der Waals surface area contributed by atoms with Gasteiger partial charge in [-0.3, -0.25) is 0 Å². The molecule has 1 atom stereocenters. The highest BCUT2D eigenvalue weighted by atomic mass is 16.5. The quantitative estimate of drug-likeness (QED) is 0.824. The third-order valence-electron chi connectivity index (χ3n) is 3.42. The summed E-state index contributed by atoms with van der Waals surface area (Å²) in [6.07, 6.45) is 3.50. The summed E-state index contributed by atoms with van der Waals surface area (Å²) in [5.74, 6) is 0. The van der Waals surface area contributed by atoms with Gasteiger partial charge in [0, 0.05) is 24.9 Å². The molecule has 2 heteroatoms. The molecule has 16 heavy (non-hydrogen) atoms. The lowest BCUT2D eigenvalue weighted by molar-refractivity contribution is 0.144. The minimum Gasteiger partial charge on any atom is -0.382 e. The zero-order valence-electron chi connectivity index (χ0n) is 10.3. The predicted octanol–water partition coefficient (Wildman–Crippen LogP) is 3.28. The SMILES string of the molecule is Cc1cccc(NC2CCCOCC2)c1C. The van der Waals surface area contributed by atoms with Crippen molar-refractivity contribution < 1.29 is 4.74 Å². The van der Waals surface area contributed by atoms with Gasteiger partial charge in [-0.1, -0.05) is 12.1 Å². The molecule has 0 radical (unpaired) electrons. The molecule has 0 aliphatic carbocycles. The van der Waals surface area contributed by atoms with E-state index in [-0.39, 0.29) is 0 Å². The largest absolute Gasteiger partial charge is 0.382 e. The van der Waals surface area contributed by atoms with Crippen molar-refractivity contribution in [3.63, 3.8) is 0 Å². The van der Waals surface area contributed by atoms with Crippen molar-refractivity contribution in [2.45, 2.75) is 39.2 Å². The van der Waals surface area contributed by atoms with E-state index in [0.29, 0.717) is 6.04 Å². The third-order valence-corrected chi connectivity index (χ3v) is 3.42. The smallest absolute Gasteiger partial charge is 0.0485 e. The molecule has 88 valence electrons. The van der Waals surface area contributed by atoms with Crippen molar-refractivity contribution in [2.24, 2.45) is 0 Å². The van der Waals surface area contributed by atoms with Crippen LogP contribution in [-0.2, 0) is 4.74 Å². The van der Waals surface area contributed by atoms with E-state index in [4.69, 9.17) is 4.74 Å². The van der Waals surface area contributed by atoms with Crippen molar-refractivity contribution in [1.82, 2.24) is 0 Å². The van der Waals surface area contributed by atoms with Crippen LogP contribution in [0.2, 0.25) is 0 Å². The Hall–Kier alpha value is -1.02. The van der Waals surface area contributed by atoms with Gasteiger partial charge in [0.2, 0.25) is 0 Å². The third kappa shape index (κ3) is 2.76. The van der Waals surface area contributed by atoms with Crippen LogP contribution in [0.3, 0.4) is 0 Å². The summed E-state index contributed by atoms with van der Waals surface area (Å²) in [5.41, 5.74) is 4.01. The van der Waals surface area contributed by atoms with Crippen molar-refractivity contribution >= 4 is 5.69 Å². The van der Waals surface area contributed by atoms with Crippen LogP contribution in [0.25, 0.3) is 0 Å². The van der Waals surface area contributed by atoms with Gasteiger partial charge in [-0.05, 0) is 50.3 Å². The van der Waals surface area contributed by atoms with E-state index >= 15 is 0 Å². The molecule has 1 aromatic rings. The summed E-state index contributed by atoms with van der Waals surface area (Å²) in [6, 6.07) is 7.03. The summed E-state index contributed by atoms with van der Waals surface area (Å²) in [4.78, 5) is 0. The Labute approximate surface area is 98.0 Å². The lowest BCUT2D eigenvalue weighted by Gasteiger charge is -2.19. The van der Waals surface area contributed by atoms with Crippen LogP contribution in [-0.4, -0.2) is 19.3 Å². The summed E-state index contributed by atoms with van der Waals surface area (Å²) < 4.78 is 5.48. The normalized spacial score (nSPS) is 21.5. The predicted molar refractivity (Wildman–Crippen MR) is 68.0 cm³/mol. The molecular formula is C14H21NO. The Morgan fingerprint density at radius 2 is 2.06 bits per heavy atom. The molecule has 1 aliphatic heterocycles. The number of aryl methyl sites for hydroxylation is 1. The molecule has 0 spiro atoms. The molecule has 0 amide bonds. The summed E-state index contributed by atoms with van der Waals surface area (Å²) in [5, 5.41) is 3.65. The zero-order chi connectivity index (χ0) is 11.4. The average Bonchev–Trinajstić information content (AvgIpc) is 2.53. The van der Waals surface area contributed by atoms with E-state index in [2.05, 4.69) is 37.4 Å². The molecule has 1 saturated heterocycles. The number of hydrogen-bond donors (Lipinski definition) is 1. The van der Waals surface area contributed by atoms with E-state index in [9.17, 15) is 0 Å². The lowest BCUT2D eigenvalue weighted by Crippen LogP contribution is -2.20. The summed E-state index contributed by atoms with van der Waals surface area (Å²) >= 11 is 0. The molecule has 2 rings (SSSR count). The first-order valence-electron chi connectivity index (χ1n) is 6.18. The second-order valence-electron chi connectivity index (χ2n) is 4.63. The molecule has 0 saturated carbocycles. The van der Waals surface area contributed by atoms with Crippen molar-refractivity contribution in [3.05, 3.63) is 29.3 Å². The van der Waals surface area contributed by atoms with Crippen LogP contribution in [0.15, 0.2) is 18.2 Å². The van der Waals surface area contributed by atoms with Gasteiger partial charge in [0.05, 0.1) is 0 Å². The number of ether oxygens (including phenoxy) is 1. The Morgan fingerprint density at radius 1 is 1.19 bits per heavy atom. The first kappa shape index (κ1) is 11.5. The van der Waals surface area contributed by atoms with Crippen LogP contribution in [0.5, 0.6) is 0 Å². The van der Waals surface area contributed by atoms with Crippen LogP contribution in [0.1, 0.15) is 30.4 Å². The van der Waals surface area contributed by atoms with E-state index in [1.807, 2.05) is 0 Å². The first-order valence-corrected chi connectivity index (χ1v) is 6.18. The van der Waals surface area contributed by atoms with E-state index in [0.717, 1.165) is 19.6 Å². The van der Waals surface area contributed by atoms with Gasteiger partial charge in [0.15, 0.2) is 0 Å². The van der Waals surface area contributed by atoms with E-state index in [1.165, 1.54) is 29.7 Å². The Kier molecular flexibility index (Phi) is 3.83. The highest BCUT2D eigenvalue weighted by Gasteiger charge is 2.13. The number of anilines is 1. The van der Waals surface area contributed by atoms with Gasteiger partial charge in [-0.25, -0.2) is 0 Å². The molecule has 0 bridgehead atoms. The van der Waals surface area contributed by atoms with Crippen LogP contribution >= 0.6 is 0 Å². The maximum atomic E-state index is 5.48. The fourth-order valence-electron chi connectivity index (χ4n) is 2.18. The molecule has 1 heterocycles.